The third-order valence-corrected chi connectivity index (χ3v) is 1.65. The average molecular weight is 181 g/mol. The molecule has 0 heterocycles. The van der Waals surface area contributed by atoms with E-state index in [1.54, 1.807) is 0 Å². The summed E-state index contributed by atoms with van der Waals surface area (Å²) in [6.45, 7) is 2.58. The van der Waals surface area contributed by atoms with E-state index in [-0.39, 0.29) is 6.42 Å². The number of carbonyl (C=O) groups is 1. The third-order valence-electron chi connectivity index (χ3n) is 1.65. The second-order valence-electron chi connectivity index (χ2n) is 3.44. The zero-order valence-corrected chi connectivity index (χ0v) is 7.05. The maximum Gasteiger partial charge on any atom is 0.320 e. The minimum absolute atomic E-state index is 0.222. The van der Waals surface area contributed by atoms with Gasteiger partial charge in [-0.15, -0.1) is 0 Å². The van der Waals surface area contributed by atoms with Gasteiger partial charge in [0.1, 0.15) is 6.04 Å². The van der Waals surface area contributed by atoms with Crippen LogP contribution >= 0.6 is 0 Å². The fourth-order valence-corrected chi connectivity index (χ4v) is 0.743. The van der Waals surface area contributed by atoms with Crippen molar-refractivity contribution in [2.75, 3.05) is 0 Å². The molecule has 0 saturated carbocycles. The number of hydrogen-bond acceptors (Lipinski definition) is 2. The maximum atomic E-state index is 12.2. The first-order valence-electron chi connectivity index (χ1n) is 3.54. The van der Waals surface area contributed by atoms with Crippen molar-refractivity contribution < 1.29 is 18.7 Å². The van der Waals surface area contributed by atoms with Gasteiger partial charge in [-0.3, -0.25) is 4.79 Å². The van der Waals surface area contributed by atoms with Crippen LogP contribution in [0.5, 0.6) is 0 Å². The van der Waals surface area contributed by atoms with E-state index in [1.165, 1.54) is 13.8 Å². The van der Waals surface area contributed by atoms with Crippen molar-refractivity contribution in [2.45, 2.75) is 32.7 Å². The van der Waals surface area contributed by atoms with Crippen LogP contribution in [0.1, 0.15) is 20.3 Å². The summed E-state index contributed by atoms with van der Waals surface area (Å²) in [5, 5.41) is 8.36. The van der Waals surface area contributed by atoms with Gasteiger partial charge in [0.2, 0.25) is 6.43 Å². The number of rotatable bonds is 4. The lowest BCUT2D eigenvalue weighted by Crippen LogP contribution is -2.37. The van der Waals surface area contributed by atoms with Crippen LogP contribution < -0.4 is 5.73 Å². The second kappa shape index (κ2) is 3.80. The lowest BCUT2D eigenvalue weighted by atomic mass is 9.86. The first-order valence-corrected chi connectivity index (χ1v) is 3.54. The number of aliphatic carboxylic acids is 1. The molecule has 3 N–H and O–H groups in total. The SMILES string of the molecule is CC(C)(CC(N)C(=O)O)C(F)F. The Bertz CT molecular complexity index is 171. The Kier molecular flexibility index (Phi) is 3.57. The Balaban J connectivity index is 4.15. The molecule has 0 radical (unpaired) electrons. The molecule has 5 heteroatoms. The van der Waals surface area contributed by atoms with Crippen LogP contribution in [0.4, 0.5) is 8.78 Å². The Labute approximate surface area is 69.6 Å². The van der Waals surface area contributed by atoms with E-state index in [9.17, 15) is 13.6 Å². The van der Waals surface area contributed by atoms with Crippen LogP contribution in [0.25, 0.3) is 0 Å². The van der Waals surface area contributed by atoms with Crippen LogP contribution in [0.15, 0.2) is 0 Å². The molecular weight excluding hydrogens is 168 g/mol. The van der Waals surface area contributed by atoms with Gasteiger partial charge in [-0.25, -0.2) is 8.78 Å². The zero-order valence-electron chi connectivity index (χ0n) is 7.05. The van der Waals surface area contributed by atoms with E-state index in [1.807, 2.05) is 0 Å². The molecule has 0 aliphatic rings. The Morgan fingerprint density at radius 1 is 1.58 bits per heavy atom. The van der Waals surface area contributed by atoms with Gasteiger partial charge >= 0.3 is 5.97 Å². The summed E-state index contributed by atoms with van der Waals surface area (Å²) in [7, 11) is 0. The van der Waals surface area contributed by atoms with E-state index in [0.29, 0.717) is 0 Å². The Morgan fingerprint density at radius 3 is 2.25 bits per heavy atom. The van der Waals surface area contributed by atoms with Gasteiger partial charge in [-0.1, -0.05) is 13.8 Å². The van der Waals surface area contributed by atoms with E-state index in [2.05, 4.69) is 0 Å². The zero-order chi connectivity index (χ0) is 9.94. The quantitative estimate of drug-likeness (QED) is 0.682. The number of hydrogen-bond donors (Lipinski definition) is 2. The van der Waals surface area contributed by atoms with Gasteiger partial charge in [0.05, 0.1) is 0 Å². The van der Waals surface area contributed by atoms with Crippen molar-refractivity contribution in [2.24, 2.45) is 11.1 Å². The van der Waals surface area contributed by atoms with E-state index < -0.39 is 23.9 Å². The molecule has 0 fully saturated rings. The molecule has 0 aromatic carbocycles. The first kappa shape index (κ1) is 11.3. The largest absolute Gasteiger partial charge is 0.480 e. The third kappa shape index (κ3) is 3.13. The predicted molar refractivity (Wildman–Crippen MR) is 40.0 cm³/mol. The maximum absolute atomic E-state index is 12.2. The number of carboxylic acids is 1. The van der Waals surface area contributed by atoms with E-state index >= 15 is 0 Å². The molecule has 0 aliphatic heterocycles. The van der Waals surface area contributed by atoms with Crippen LogP contribution in [-0.2, 0) is 4.79 Å². The van der Waals surface area contributed by atoms with Gasteiger partial charge in [-0.05, 0) is 6.42 Å². The topological polar surface area (TPSA) is 63.3 Å². The lowest BCUT2D eigenvalue weighted by Gasteiger charge is -2.24. The van der Waals surface area contributed by atoms with Crippen molar-refractivity contribution >= 4 is 5.97 Å². The van der Waals surface area contributed by atoms with Gasteiger partial charge in [0.15, 0.2) is 0 Å². The molecule has 12 heavy (non-hydrogen) atoms. The number of nitrogens with two attached hydrogens (primary N) is 1. The van der Waals surface area contributed by atoms with Gasteiger partial charge in [0, 0.05) is 5.41 Å². The van der Waals surface area contributed by atoms with Crippen molar-refractivity contribution in [1.82, 2.24) is 0 Å². The first-order chi connectivity index (χ1) is 5.27. The molecule has 0 amide bonds. The molecule has 0 rings (SSSR count). The number of carboxylic acid groups (broad SMARTS) is 1. The highest BCUT2D eigenvalue weighted by Gasteiger charge is 2.33. The van der Waals surface area contributed by atoms with Crippen LogP contribution in [0.3, 0.4) is 0 Å². The highest BCUT2D eigenvalue weighted by molar-refractivity contribution is 5.73. The fourth-order valence-electron chi connectivity index (χ4n) is 0.743. The summed E-state index contributed by atoms with van der Waals surface area (Å²) < 4.78 is 24.4. The highest BCUT2D eigenvalue weighted by Crippen LogP contribution is 2.29. The second-order valence-corrected chi connectivity index (χ2v) is 3.44. The number of halogens is 2. The molecule has 0 aliphatic carbocycles. The molecule has 1 unspecified atom stereocenters. The molecular formula is C7H13F2NO2. The van der Waals surface area contributed by atoms with Crippen LogP contribution in [0.2, 0.25) is 0 Å². The molecule has 0 spiro atoms. The minimum atomic E-state index is -2.55. The van der Waals surface area contributed by atoms with Gasteiger partial charge in [-0.2, -0.15) is 0 Å². The van der Waals surface area contributed by atoms with Gasteiger partial charge in [0.25, 0.3) is 0 Å². The number of alkyl halides is 2. The molecule has 0 aromatic rings. The van der Waals surface area contributed by atoms with E-state index in [0.717, 1.165) is 0 Å². The van der Waals surface area contributed by atoms with Crippen molar-refractivity contribution in [3.8, 4) is 0 Å². The predicted octanol–water partition coefficient (Wildman–Crippen LogP) is 1.08. The smallest absolute Gasteiger partial charge is 0.320 e. The summed E-state index contributed by atoms with van der Waals surface area (Å²) >= 11 is 0. The molecule has 72 valence electrons. The highest BCUT2D eigenvalue weighted by atomic mass is 19.3. The average Bonchev–Trinajstić information content (AvgIpc) is 1.85. The van der Waals surface area contributed by atoms with E-state index in [4.69, 9.17) is 10.8 Å². The Hall–Kier alpha value is -0.710. The monoisotopic (exact) mass is 181 g/mol. The summed E-state index contributed by atoms with van der Waals surface area (Å²) in [5.41, 5.74) is 3.77. The normalized spacial score (nSPS) is 14.8. The summed E-state index contributed by atoms with van der Waals surface area (Å²) in [6, 6.07) is -1.21. The van der Waals surface area contributed by atoms with Crippen LogP contribution in [0, 0.1) is 5.41 Å². The van der Waals surface area contributed by atoms with Crippen molar-refractivity contribution in [3.05, 3.63) is 0 Å². The summed E-state index contributed by atoms with van der Waals surface area (Å²) in [6.07, 6.45) is -2.78. The van der Waals surface area contributed by atoms with Crippen molar-refractivity contribution in [1.29, 1.82) is 0 Å². The molecule has 0 saturated heterocycles. The molecule has 0 aromatic heterocycles. The molecule has 1 atom stereocenters. The molecule has 0 bridgehead atoms. The Morgan fingerprint density at radius 2 is 2.00 bits per heavy atom. The summed E-state index contributed by atoms with van der Waals surface area (Å²) in [4.78, 5) is 10.2. The minimum Gasteiger partial charge on any atom is -0.480 e. The molecule has 3 nitrogen and oxygen atoms in total. The van der Waals surface area contributed by atoms with Crippen molar-refractivity contribution in [3.63, 3.8) is 0 Å². The fraction of sp³-hybridized carbons (Fsp3) is 0.857. The summed E-state index contributed by atoms with van der Waals surface area (Å²) in [5.74, 6) is -1.25. The standard InChI is InChI=1S/C7H13F2NO2/c1-7(2,6(8)9)3-4(10)5(11)12/h4,6H,3,10H2,1-2H3,(H,11,12). The van der Waals surface area contributed by atoms with Crippen LogP contribution in [-0.4, -0.2) is 23.5 Å². The lowest BCUT2D eigenvalue weighted by molar-refractivity contribution is -0.140. The van der Waals surface area contributed by atoms with Gasteiger partial charge < -0.3 is 10.8 Å².